The van der Waals surface area contributed by atoms with E-state index in [1.54, 1.807) is 6.20 Å². The van der Waals surface area contributed by atoms with Gasteiger partial charge in [-0.05, 0) is 22.6 Å². The summed E-state index contributed by atoms with van der Waals surface area (Å²) in [4.78, 5) is 6.57. The summed E-state index contributed by atoms with van der Waals surface area (Å²) in [6, 6.07) is 0. The lowest BCUT2D eigenvalue weighted by atomic mass is 10.1. The maximum atomic E-state index is 12.7. The maximum Gasteiger partial charge on any atom is 0.419 e. The Morgan fingerprint density at radius 1 is 1.44 bits per heavy atom. The Balaban J connectivity index is 2.82. The predicted octanol–water partition coefficient (Wildman–Crippen LogP) is 3.23. The highest BCUT2D eigenvalue weighted by atomic mass is 127. The van der Waals surface area contributed by atoms with E-state index in [1.165, 1.54) is 7.05 Å². The molecule has 2 N–H and O–H groups in total. The van der Waals surface area contributed by atoms with E-state index < -0.39 is 11.7 Å². The van der Waals surface area contributed by atoms with E-state index in [0.29, 0.717) is 14.6 Å². The zero-order valence-electron chi connectivity index (χ0n) is 8.11. The molecule has 0 atom stereocenters. The summed E-state index contributed by atoms with van der Waals surface area (Å²) in [6.45, 7) is 0. The number of hydrogen-bond acceptors (Lipinski definition) is 2. The molecular weight excluding hydrogens is 334 g/mol. The number of nitrogens with zero attached hydrogens (tertiary/aromatic N) is 1. The van der Waals surface area contributed by atoms with Gasteiger partial charge in [0.15, 0.2) is 0 Å². The summed E-state index contributed by atoms with van der Waals surface area (Å²) in [5.41, 5.74) is -0.245. The van der Waals surface area contributed by atoms with Crippen LogP contribution in [0.15, 0.2) is 12.4 Å². The Kier molecular flexibility index (Phi) is 2.72. The Hall–Kier alpha value is -0.990. The van der Waals surface area contributed by atoms with Crippen LogP contribution in [-0.2, 0) is 6.18 Å². The average Bonchev–Trinajstić information content (AvgIpc) is 2.58. The van der Waals surface area contributed by atoms with Crippen LogP contribution in [0.4, 0.5) is 18.9 Å². The van der Waals surface area contributed by atoms with Crippen molar-refractivity contribution in [2.45, 2.75) is 6.18 Å². The van der Waals surface area contributed by atoms with E-state index in [2.05, 4.69) is 15.3 Å². The highest BCUT2D eigenvalue weighted by molar-refractivity contribution is 14.1. The molecule has 0 bridgehead atoms. The van der Waals surface area contributed by atoms with Crippen molar-refractivity contribution < 1.29 is 13.2 Å². The van der Waals surface area contributed by atoms with Gasteiger partial charge in [-0.3, -0.25) is 0 Å². The fourth-order valence-electron chi connectivity index (χ4n) is 1.53. The predicted molar refractivity (Wildman–Crippen MR) is 63.4 cm³/mol. The number of nitrogens with one attached hydrogen (secondary N) is 2. The first-order valence-electron chi connectivity index (χ1n) is 4.35. The van der Waals surface area contributed by atoms with Gasteiger partial charge in [0.1, 0.15) is 5.65 Å². The third-order valence-corrected chi connectivity index (χ3v) is 3.06. The Labute approximate surface area is 103 Å². The van der Waals surface area contributed by atoms with Crippen molar-refractivity contribution in [1.82, 2.24) is 9.97 Å². The van der Waals surface area contributed by atoms with Crippen molar-refractivity contribution >= 4 is 39.3 Å². The van der Waals surface area contributed by atoms with Gasteiger partial charge in [0.2, 0.25) is 0 Å². The van der Waals surface area contributed by atoms with Crippen LogP contribution < -0.4 is 5.32 Å². The molecule has 3 nitrogen and oxygen atoms in total. The average molecular weight is 341 g/mol. The van der Waals surface area contributed by atoms with Crippen LogP contribution in [0.2, 0.25) is 0 Å². The van der Waals surface area contributed by atoms with Crippen molar-refractivity contribution in [3.8, 4) is 0 Å². The minimum absolute atomic E-state index is 0.0585. The maximum absolute atomic E-state index is 12.7. The van der Waals surface area contributed by atoms with E-state index in [0.717, 1.165) is 6.20 Å². The van der Waals surface area contributed by atoms with Crippen molar-refractivity contribution in [2.24, 2.45) is 0 Å². The highest BCUT2D eigenvalue weighted by Gasteiger charge is 2.35. The molecular formula is C9H7F3IN3. The number of hydrogen-bond donors (Lipinski definition) is 2. The van der Waals surface area contributed by atoms with E-state index >= 15 is 0 Å². The van der Waals surface area contributed by atoms with Gasteiger partial charge < -0.3 is 10.3 Å². The Bertz CT molecular complexity index is 533. The summed E-state index contributed by atoms with van der Waals surface area (Å²) in [7, 11) is 1.47. The van der Waals surface area contributed by atoms with Crippen LogP contribution in [-0.4, -0.2) is 17.0 Å². The zero-order chi connectivity index (χ0) is 11.9. The molecule has 2 aromatic heterocycles. The minimum atomic E-state index is -4.40. The Morgan fingerprint density at radius 3 is 2.69 bits per heavy atom. The third kappa shape index (κ3) is 1.72. The number of aromatic amines is 1. The number of fused-ring (bicyclic) bond motifs is 1. The molecule has 2 aromatic rings. The van der Waals surface area contributed by atoms with Crippen molar-refractivity contribution in [3.05, 3.63) is 21.5 Å². The fourth-order valence-corrected chi connectivity index (χ4v) is 2.21. The second kappa shape index (κ2) is 3.79. The van der Waals surface area contributed by atoms with Crippen LogP contribution in [0.1, 0.15) is 5.56 Å². The molecule has 0 amide bonds. The standard InChI is InChI=1S/C9H7F3IN3/c1-14-7-4(9(10,11)12)2-15-8-6(7)5(13)3-16-8/h2-3H,1H3,(H2,14,15,16). The number of H-pyrrole nitrogens is 1. The van der Waals surface area contributed by atoms with Gasteiger partial charge in [0.25, 0.3) is 0 Å². The molecule has 0 aliphatic heterocycles. The van der Waals surface area contributed by atoms with Crippen LogP contribution in [0.25, 0.3) is 11.0 Å². The fraction of sp³-hybridized carbons (Fsp3) is 0.222. The smallest absolute Gasteiger partial charge is 0.387 e. The molecule has 0 saturated carbocycles. The normalized spacial score (nSPS) is 12.1. The number of halogens is 4. The summed E-state index contributed by atoms with van der Waals surface area (Å²) < 4.78 is 38.8. The molecule has 0 aliphatic carbocycles. The van der Waals surface area contributed by atoms with Gasteiger partial charge in [-0.1, -0.05) is 0 Å². The SMILES string of the molecule is CNc1c(C(F)(F)F)cnc2[nH]cc(I)c12. The first-order valence-corrected chi connectivity index (χ1v) is 5.43. The summed E-state index contributed by atoms with van der Waals surface area (Å²) >= 11 is 1.97. The molecule has 0 spiro atoms. The zero-order valence-corrected chi connectivity index (χ0v) is 10.3. The topological polar surface area (TPSA) is 40.7 Å². The van der Waals surface area contributed by atoms with E-state index in [9.17, 15) is 13.2 Å². The van der Waals surface area contributed by atoms with E-state index in [1.807, 2.05) is 22.6 Å². The number of alkyl halides is 3. The molecule has 0 fully saturated rings. The van der Waals surface area contributed by atoms with Crippen LogP contribution >= 0.6 is 22.6 Å². The largest absolute Gasteiger partial charge is 0.419 e. The van der Waals surface area contributed by atoms with Gasteiger partial charge >= 0.3 is 6.18 Å². The quantitative estimate of drug-likeness (QED) is 0.782. The highest BCUT2D eigenvalue weighted by Crippen LogP contribution is 2.38. The third-order valence-electron chi connectivity index (χ3n) is 2.21. The van der Waals surface area contributed by atoms with Crippen molar-refractivity contribution in [1.29, 1.82) is 0 Å². The second-order valence-electron chi connectivity index (χ2n) is 3.15. The molecule has 0 aliphatic rings. The lowest BCUT2D eigenvalue weighted by Crippen LogP contribution is -2.10. The van der Waals surface area contributed by atoms with Crippen molar-refractivity contribution in [2.75, 3.05) is 12.4 Å². The first-order chi connectivity index (χ1) is 7.45. The molecule has 0 unspecified atom stereocenters. The number of aromatic nitrogens is 2. The van der Waals surface area contributed by atoms with Crippen molar-refractivity contribution in [3.63, 3.8) is 0 Å². The molecule has 0 saturated heterocycles. The lowest BCUT2D eigenvalue weighted by Gasteiger charge is -2.12. The lowest BCUT2D eigenvalue weighted by molar-refractivity contribution is -0.137. The summed E-state index contributed by atoms with van der Waals surface area (Å²) in [5, 5.41) is 3.06. The molecule has 0 aromatic carbocycles. The first kappa shape index (κ1) is 11.5. The molecule has 0 radical (unpaired) electrons. The molecule has 16 heavy (non-hydrogen) atoms. The number of pyridine rings is 1. The molecule has 2 rings (SSSR count). The Morgan fingerprint density at radius 2 is 2.12 bits per heavy atom. The summed E-state index contributed by atoms with van der Waals surface area (Å²) in [6.07, 6.45) is -1.94. The van der Waals surface area contributed by atoms with Crippen LogP contribution in [0, 0.1) is 3.57 Å². The van der Waals surface area contributed by atoms with Gasteiger partial charge in [-0.2, -0.15) is 13.2 Å². The molecule has 86 valence electrons. The van der Waals surface area contributed by atoms with E-state index in [4.69, 9.17) is 0 Å². The molecule has 2 heterocycles. The second-order valence-corrected chi connectivity index (χ2v) is 4.32. The van der Waals surface area contributed by atoms with E-state index in [-0.39, 0.29) is 5.69 Å². The number of anilines is 1. The van der Waals surface area contributed by atoms with Gasteiger partial charge in [0.05, 0.1) is 16.6 Å². The minimum Gasteiger partial charge on any atom is -0.387 e. The van der Waals surface area contributed by atoms with Crippen LogP contribution in [0.3, 0.4) is 0 Å². The number of rotatable bonds is 1. The van der Waals surface area contributed by atoms with Gasteiger partial charge in [0, 0.05) is 23.0 Å². The monoisotopic (exact) mass is 341 g/mol. The molecule has 7 heteroatoms. The van der Waals surface area contributed by atoms with Gasteiger partial charge in [-0.15, -0.1) is 0 Å². The van der Waals surface area contributed by atoms with Crippen LogP contribution in [0.5, 0.6) is 0 Å². The summed E-state index contributed by atoms with van der Waals surface area (Å²) in [5.74, 6) is 0. The van der Waals surface area contributed by atoms with Gasteiger partial charge in [-0.25, -0.2) is 4.98 Å².